The van der Waals surface area contributed by atoms with E-state index in [1.165, 1.54) is 11.1 Å². The van der Waals surface area contributed by atoms with Crippen molar-refractivity contribution >= 4 is 26.8 Å². The fourth-order valence-electron chi connectivity index (χ4n) is 2.44. The first-order chi connectivity index (χ1) is 10.6. The highest BCUT2D eigenvalue weighted by atomic mass is 27.2. The molecule has 3 rings (SSSR count). The maximum Gasteiger partial charge on any atom is 0.881 e. The Bertz CT molecular complexity index is 797. The van der Waals surface area contributed by atoms with Crippen LogP contribution in [0.3, 0.4) is 0 Å². The van der Waals surface area contributed by atoms with Crippen molar-refractivity contribution in [3.63, 3.8) is 0 Å². The quantitative estimate of drug-likeness (QED) is 0.678. The summed E-state index contributed by atoms with van der Waals surface area (Å²) in [5.74, 6) is 1.64. The number of pyridine rings is 1. The number of benzene rings is 2. The molecule has 3 nitrogen and oxygen atoms in total. The standard InChI is InChI=1S/C10H9NO.C8H10O.Al/c1-7-5-6-8-3-2-4-9(12)10(8)11-7;1-6-3-7(2)5-8(9)4-6;/h2-6,12H,1H3;3-5,9H,1-2H3;/q;;+2/p-2. The summed E-state index contributed by atoms with van der Waals surface area (Å²) in [6.07, 6.45) is 0. The smallest absolute Gasteiger partial charge is 0.616 e. The number of nitrogens with zero attached hydrogens (tertiary/aromatic N) is 1. The minimum atomic E-state index is -0.629. The molecule has 0 N–H and O–H groups in total. The highest BCUT2D eigenvalue weighted by molar-refractivity contribution is 6.21. The Morgan fingerprint density at radius 2 is 1.64 bits per heavy atom. The average molecular weight is 306 g/mol. The van der Waals surface area contributed by atoms with Gasteiger partial charge in [-0.25, -0.2) is 4.98 Å². The molecule has 1 radical (unpaired) electrons. The van der Waals surface area contributed by atoms with Crippen molar-refractivity contribution in [1.29, 1.82) is 0 Å². The molecule has 3 aromatic rings. The predicted molar refractivity (Wildman–Crippen MR) is 89.4 cm³/mol. The molecule has 0 fully saturated rings. The van der Waals surface area contributed by atoms with Gasteiger partial charge in [-0.3, -0.25) is 0 Å². The number of hydrogen-bond acceptors (Lipinski definition) is 3. The maximum absolute atomic E-state index is 5.86. The second-order valence-electron chi connectivity index (χ2n) is 5.44. The molecule has 1 aromatic heterocycles. The van der Waals surface area contributed by atoms with E-state index < -0.39 is 15.9 Å². The summed E-state index contributed by atoms with van der Waals surface area (Å²) >= 11 is -0.629. The molecule has 0 unspecified atom stereocenters. The van der Waals surface area contributed by atoms with Gasteiger partial charge >= 0.3 is 15.9 Å². The Kier molecular flexibility index (Phi) is 4.33. The lowest BCUT2D eigenvalue weighted by Gasteiger charge is -2.11. The van der Waals surface area contributed by atoms with Gasteiger partial charge in [0.1, 0.15) is 11.3 Å². The molecule has 0 atom stereocenters. The molecule has 4 heteroatoms. The van der Waals surface area contributed by atoms with Crippen LogP contribution in [-0.4, -0.2) is 20.9 Å². The van der Waals surface area contributed by atoms with Crippen LogP contribution in [0.5, 0.6) is 11.5 Å². The van der Waals surface area contributed by atoms with E-state index in [1.54, 1.807) is 0 Å². The normalized spacial score (nSPS) is 10.5. The van der Waals surface area contributed by atoms with Crippen molar-refractivity contribution in [1.82, 2.24) is 4.98 Å². The van der Waals surface area contributed by atoms with Gasteiger partial charge in [0.25, 0.3) is 0 Å². The van der Waals surface area contributed by atoms with Crippen LogP contribution < -0.4 is 7.58 Å². The number of aromatic nitrogens is 1. The highest BCUT2D eigenvalue weighted by Gasteiger charge is 2.10. The van der Waals surface area contributed by atoms with Crippen molar-refractivity contribution in [3.8, 4) is 11.5 Å². The summed E-state index contributed by atoms with van der Waals surface area (Å²) in [6, 6.07) is 16.2. The molecular formula is C18H17AlNO2. The Hall–Kier alpha value is -2.02. The first-order valence-corrected chi connectivity index (χ1v) is 8.16. The van der Waals surface area contributed by atoms with Crippen LogP contribution in [0.4, 0.5) is 0 Å². The third kappa shape index (κ3) is 3.41. The van der Waals surface area contributed by atoms with Crippen molar-refractivity contribution in [2.24, 2.45) is 0 Å². The van der Waals surface area contributed by atoms with Gasteiger partial charge in [0.2, 0.25) is 0 Å². The molecule has 0 bridgehead atoms. The number of para-hydroxylation sites is 1. The van der Waals surface area contributed by atoms with E-state index >= 15 is 0 Å². The van der Waals surface area contributed by atoms with E-state index in [4.69, 9.17) is 7.58 Å². The minimum absolute atomic E-state index is 0.629. The second-order valence-corrected chi connectivity index (χ2v) is 6.10. The topological polar surface area (TPSA) is 31.4 Å². The third-order valence-electron chi connectivity index (χ3n) is 3.38. The average Bonchev–Trinajstić information content (AvgIpc) is 2.46. The van der Waals surface area contributed by atoms with Crippen molar-refractivity contribution < 1.29 is 7.58 Å². The van der Waals surface area contributed by atoms with Crippen molar-refractivity contribution in [2.75, 3.05) is 0 Å². The van der Waals surface area contributed by atoms with Gasteiger partial charge in [0.05, 0.1) is 5.75 Å². The van der Waals surface area contributed by atoms with Gasteiger partial charge in [-0.05, 0) is 56.2 Å². The summed E-state index contributed by atoms with van der Waals surface area (Å²) < 4.78 is 11.6. The fraction of sp³-hybridized carbons (Fsp3) is 0.167. The number of fused-ring (bicyclic) bond motifs is 1. The Morgan fingerprint density at radius 3 is 2.41 bits per heavy atom. The molecular weight excluding hydrogens is 289 g/mol. The molecule has 0 amide bonds. The zero-order valence-electron chi connectivity index (χ0n) is 13.0. The molecule has 0 saturated heterocycles. The Balaban J connectivity index is 1.75. The monoisotopic (exact) mass is 306 g/mol. The molecule has 0 aliphatic carbocycles. The van der Waals surface area contributed by atoms with Gasteiger partial charge in [0.15, 0.2) is 0 Å². The SMILES string of the molecule is Cc1cc(C)cc([O][Al][O]c2cccc3ccc(C)nc23)c1. The van der Waals surface area contributed by atoms with E-state index in [0.717, 1.165) is 28.1 Å². The lowest BCUT2D eigenvalue weighted by Crippen LogP contribution is -2.11. The molecule has 0 saturated carbocycles. The van der Waals surface area contributed by atoms with Crippen LogP contribution in [0.25, 0.3) is 10.9 Å². The van der Waals surface area contributed by atoms with E-state index in [-0.39, 0.29) is 0 Å². The molecule has 22 heavy (non-hydrogen) atoms. The predicted octanol–water partition coefficient (Wildman–Crippen LogP) is 4.15. The number of rotatable bonds is 4. The lowest BCUT2D eigenvalue weighted by molar-refractivity contribution is 0.461. The van der Waals surface area contributed by atoms with Crippen molar-refractivity contribution in [3.05, 3.63) is 65.4 Å². The van der Waals surface area contributed by atoms with E-state index in [1.807, 2.05) is 43.3 Å². The zero-order chi connectivity index (χ0) is 15.5. The number of hydrogen-bond donors (Lipinski definition) is 0. The first kappa shape index (κ1) is 14.9. The summed E-state index contributed by atoms with van der Waals surface area (Å²) in [5, 5.41) is 1.08. The highest BCUT2D eigenvalue weighted by Crippen LogP contribution is 2.24. The maximum atomic E-state index is 5.86. The van der Waals surface area contributed by atoms with Gasteiger partial charge < -0.3 is 7.58 Å². The summed E-state index contributed by atoms with van der Waals surface area (Å²) in [7, 11) is 0. The van der Waals surface area contributed by atoms with Crippen LogP contribution in [0.1, 0.15) is 16.8 Å². The molecule has 0 spiro atoms. The van der Waals surface area contributed by atoms with Gasteiger partial charge in [-0.2, -0.15) is 0 Å². The third-order valence-corrected chi connectivity index (χ3v) is 4.10. The van der Waals surface area contributed by atoms with Crippen LogP contribution in [0.15, 0.2) is 48.5 Å². The van der Waals surface area contributed by atoms with Gasteiger partial charge in [-0.15, -0.1) is 0 Å². The minimum Gasteiger partial charge on any atom is -0.616 e. The Labute approximate surface area is 137 Å². The molecule has 109 valence electrons. The van der Waals surface area contributed by atoms with Crippen LogP contribution >= 0.6 is 0 Å². The zero-order valence-corrected chi connectivity index (χ0v) is 14.1. The van der Waals surface area contributed by atoms with Gasteiger partial charge in [-0.1, -0.05) is 24.3 Å². The van der Waals surface area contributed by atoms with Crippen LogP contribution in [0.2, 0.25) is 0 Å². The van der Waals surface area contributed by atoms with E-state index in [9.17, 15) is 0 Å². The van der Waals surface area contributed by atoms with Crippen LogP contribution in [-0.2, 0) is 0 Å². The Morgan fingerprint density at radius 1 is 0.864 bits per heavy atom. The van der Waals surface area contributed by atoms with Gasteiger partial charge in [0, 0.05) is 11.1 Å². The first-order valence-electron chi connectivity index (χ1n) is 7.21. The summed E-state index contributed by atoms with van der Waals surface area (Å²) in [4.78, 5) is 4.56. The van der Waals surface area contributed by atoms with Crippen molar-refractivity contribution in [2.45, 2.75) is 20.8 Å². The van der Waals surface area contributed by atoms with E-state index in [0.29, 0.717) is 0 Å². The summed E-state index contributed by atoms with van der Waals surface area (Å²) in [6.45, 7) is 6.11. The lowest BCUT2D eigenvalue weighted by atomic mass is 10.1. The molecule has 2 aromatic carbocycles. The van der Waals surface area contributed by atoms with Crippen LogP contribution in [0, 0.1) is 20.8 Å². The number of aryl methyl sites for hydroxylation is 3. The largest absolute Gasteiger partial charge is 0.881 e. The molecule has 0 aliphatic heterocycles. The molecule has 0 aliphatic rings. The summed E-state index contributed by atoms with van der Waals surface area (Å²) in [5.41, 5.74) is 4.25. The molecule has 1 heterocycles. The second kappa shape index (κ2) is 6.39. The fourth-order valence-corrected chi connectivity index (χ4v) is 3.03. The van der Waals surface area contributed by atoms with E-state index in [2.05, 4.69) is 31.0 Å².